The van der Waals surface area contributed by atoms with Gasteiger partial charge in [0.25, 0.3) is 0 Å². The van der Waals surface area contributed by atoms with Crippen molar-refractivity contribution in [3.05, 3.63) is 0 Å². The maximum Gasteiger partial charge on any atom is 0.326 e. The lowest BCUT2D eigenvalue weighted by atomic mass is 10.1. The Bertz CT molecular complexity index is 775. The number of carbonyl (C=O) groups is 5. The highest BCUT2D eigenvalue weighted by atomic mass is 16.4. The molecule has 0 heterocycles. The number of hydrogen-bond acceptors (Lipinski definition) is 9. The average molecular weight is 519 g/mol. The van der Waals surface area contributed by atoms with Gasteiger partial charge in [0, 0.05) is 13.0 Å². The smallest absolute Gasteiger partial charge is 0.326 e. The molecule has 0 spiro atoms. The summed E-state index contributed by atoms with van der Waals surface area (Å²) in [5, 5.41) is 34.5. The minimum atomic E-state index is -1.49. The molecular weight excluding hydrogens is 480 g/mol. The van der Waals surface area contributed by atoms with Crippen molar-refractivity contribution < 1.29 is 39.3 Å². The predicted molar refractivity (Wildman–Crippen MR) is 128 cm³/mol. The summed E-state index contributed by atoms with van der Waals surface area (Å²) >= 11 is 0. The van der Waals surface area contributed by atoms with Gasteiger partial charge in [0.1, 0.15) is 18.1 Å². The number of carboxylic acid groups (broad SMARTS) is 2. The molecule has 0 saturated heterocycles. The number of amides is 3. The largest absolute Gasteiger partial charge is 0.481 e. The number of aliphatic carboxylic acids is 2. The van der Waals surface area contributed by atoms with Crippen LogP contribution >= 0.6 is 0 Å². The number of unbranched alkanes of at least 4 members (excludes halogenated alkanes) is 1. The minimum absolute atomic E-state index is 0.0798. The summed E-state index contributed by atoms with van der Waals surface area (Å²) < 4.78 is 0. The van der Waals surface area contributed by atoms with Crippen LogP contribution in [0.15, 0.2) is 4.99 Å². The van der Waals surface area contributed by atoms with Crippen molar-refractivity contribution in [2.24, 2.45) is 27.9 Å². The highest BCUT2D eigenvalue weighted by molar-refractivity contribution is 5.94. The second-order valence-corrected chi connectivity index (χ2v) is 7.98. The van der Waals surface area contributed by atoms with Gasteiger partial charge in [0.2, 0.25) is 17.7 Å². The molecule has 0 saturated carbocycles. The van der Waals surface area contributed by atoms with Crippen LogP contribution in [0.25, 0.3) is 0 Å². The summed E-state index contributed by atoms with van der Waals surface area (Å²) in [5.41, 5.74) is 21.7. The van der Waals surface area contributed by atoms with Crippen LogP contribution in [0.3, 0.4) is 0 Å². The van der Waals surface area contributed by atoms with Crippen LogP contribution in [0.5, 0.6) is 0 Å². The molecule has 0 aromatic carbocycles. The van der Waals surface area contributed by atoms with Crippen molar-refractivity contribution in [1.29, 1.82) is 0 Å². The molecule has 14 N–H and O–H groups in total. The molecule has 36 heavy (non-hydrogen) atoms. The molecule has 0 aliphatic rings. The van der Waals surface area contributed by atoms with Crippen LogP contribution in [0.1, 0.15) is 44.9 Å². The number of nitrogens with one attached hydrogen (secondary N) is 3. The molecule has 0 radical (unpaired) electrons. The molecule has 4 unspecified atom stereocenters. The fourth-order valence-corrected chi connectivity index (χ4v) is 2.95. The summed E-state index contributed by atoms with van der Waals surface area (Å²) in [6, 6.07) is -5.17. The molecule has 3 amide bonds. The summed E-state index contributed by atoms with van der Waals surface area (Å²) in [7, 11) is 0. The summed E-state index contributed by atoms with van der Waals surface area (Å²) in [6.07, 6.45) is 0.714. The zero-order valence-corrected chi connectivity index (χ0v) is 20.0. The van der Waals surface area contributed by atoms with Crippen LogP contribution in [-0.4, -0.2) is 94.8 Å². The van der Waals surface area contributed by atoms with E-state index in [0.29, 0.717) is 25.8 Å². The Morgan fingerprint density at radius 3 is 1.89 bits per heavy atom. The molecule has 0 aliphatic carbocycles. The Balaban J connectivity index is 5.20. The molecular formula is C20H38N8O8. The predicted octanol–water partition coefficient (Wildman–Crippen LogP) is -4.11. The van der Waals surface area contributed by atoms with E-state index >= 15 is 0 Å². The minimum Gasteiger partial charge on any atom is -0.481 e. The lowest BCUT2D eigenvalue weighted by Crippen LogP contribution is -2.58. The quantitative estimate of drug-likeness (QED) is 0.0443. The topological polar surface area (TPSA) is 299 Å². The van der Waals surface area contributed by atoms with Gasteiger partial charge < -0.3 is 54.2 Å². The highest BCUT2D eigenvalue weighted by Gasteiger charge is 2.30. The van der Waals surface area contributed by atoms with E-state index in [1.165, 1.54) is 0 Å². The fraction of sp³-hybridized carbons (Fsp3) is 0.700. The molecule has 16 heteroatoms. The maximum absolute atomic E-state index is 12.7. The number of aliphatic imine (C=N–C) groups is 1. The SMILES string of the molecule is NCCCCC(NC(=O)C(CO)NC(=O)C(N)CCCN=C(N)N)C(=O)NC(CCC(=O)O)C(=O)O. The standard InChI is InChI=1S/C20H38N8O8/c21-8-2-1-5-12(17(33)27-13(19(35)36)6-7-15(30)31)26-18(34)14(10-29)28-16(32)11(22)4-3-9-25-20(23)24/h11-14,29H,1-10,21-22H2,(H,26,34)(H,27,33)(H,28,32)(H,30,31)(H,35,36)(H4,23,24,25). The van der Waals surface area contributed by atoms with Crippen molar-refractivity contribution in [3.8, 4) is 0 Å². The van der Waals surface area contributed by atoms with Crippen molar-refractivity contribution in [2.45, 2.75) is 69.1 Å². The summed E-state index contributed by atoms with van der Waals surface area (Å²) in [5.74, 6) is -5.27. The van der Waals surface area contributed by atoms with Crippen molar-refractivity contribution in [3.63, 3.8) is 0 Å². The van der Waals surface area contributed by atoms with Crippen LogP contribution < -0.4 is 38.9 Å². The first-order valence-electron chi connectivity index (χ1n) is 11.4. The van der Waals surface area contributed by atoms with Gasteiger partial charge in [-0.2, -0.15) is 0 Å². The number of carboxylic acids is 2. The Morgan fingerprint density at radius 2 is 1.36 bits per heavy atom. The average Bonchev–Trinajstić information content (AvgIpc) is 2.81. The normalized spacial score (nSPS) is 14.0. The van der Waals surface area contributed by atoms with E-state index in [4.69, 9.17) is 28.0 Å². The summed E-state index contributed by atoms with van der Waals surface area (Å²) in [4.78, 5) is 63.6. The van der Waals surface area contributed by atoms with Crippen molar-refractivity contribution in [2.75, 3.05) is 19.7 Å². The number of rotatable bonds is 19. The first-order chi connectivity index (χ1) is 16.9. The van der Waals surface area contributed by atoms with Gasteiger partial charge in [-0.25, -0.2) is 4.79 Å². The van der Waals surface area contributed by atoms with Crippen molar-refractivity contribution in [1.82, 2.24) is 16.0 Å². The fourth-order valence-electron chi connectivity index (χ4n) is 2.95. The molecule has 4 atom stereocenters. The van der Waals surface area contributed by atoms with Crippen molar-refractivity contribution >= 4 is 35.6 Å². The van der Waals surface area contributed by atoms with Crippen LogP contribution in [0.2, 0.25) is 0 Å². The Morgan fingerprint density at radius 1 is 0.778 bits per heavy atom. The van der Waals surface area contributed by atoms with E-state index in [2.05, 4.69) is 20.9 Å². The van der Waals surface area contributed by atoms with E-state index in [-0.39, 0.29) is 31.8 Å². The number of guanidine groups is 1. The van der Waals surface area contributed by atoms with Gasteiger partial charge in [-0.3, -0.25) is 24.2 Å². The maximum atomic E-state index is 12.7. The number of nitrogens with two attached hydrogens (primary N) is 4. The van der Waals surface area contributed by atoms with Crippen LogP contribution in [0.4, 0.5) is 0 Å². The molecule has 16 nitrogen and oxygen atoms in total. The van der Waals surface area contributed by atoms with Gasteiger partial charge in [0.05, 0.1) is 12.6 Å². The Kier molecular flexibility index (Phi) is 16.1. The number of carbonyl (C=O) groups excluding carboxylic acids is 3. The lowest BCUT2D eigenvalue weighted by molar-refractivity contribution is -0.143. The third-order valence-corrected chi connectivity index (χ3v) is 4.96. The third kappa shape index (κ3) is 14.0. The van der Waals surface area contributed by atoms with Gasteiger partial charge >= 0.3 is 11.9 Å². The molecule has 0 rings (SSSR count). The zero-order valence-electron chi connectivity index (χ0n) is 20.0. The number of hydrogen-bond donors (Lipinski definition) is 10. The third-order valence-electron chi connectivity index (χ3n) is 4.96. The highest BCUT2D eigenvalue weighted by Crippen LogP contribution is 2.05. The molecule has 0 fully saturated rings. The van der Waals surface area contributed by atoms with Gasteiger partial charge in [-0.05, 0) is 45.1 Å². The van der Waals surface area contributed by atoms with Crippen LogP contribution in [-0.2, 0) is 24.0 Å². The first kappa shape index (κ1) is 32.5. The molecule has 206 valence electrons. The second-order valence-electron chi connectivity index (χ2n) is 7.98. The second kappa shape index (κ2) is 17.9. The number of aliphatic hydroxyl groups excluding tert-OH is 1. The molecule has 0 aromatic heterocycles. The summed E-state index contributed by atoms with van der Waals surface area (Å²) in [6.45, 7) is -0.239. The lowest BCUT2D eigenvalue weighted by Gasteiger charge is -2.24. The molecule has 0 aromatic rings. The van der Waals surface area contributed by atoms with E-state index in [9.17, 15) is 34.2 Å². The molecule has 0 bridgehead atoms. The Labute approximate surface area is 208 Å². The monoisotopic (exact) mass is 518 g/mol. The van der Waals surface area contributed by atoms with Crippen LogP contribution in [0, 0.1) is 0 Å². The Hall–Kier alpha value is -3.50. The van der Waals surface area contributed by atoms with E-state index in [1.807, 2.05) is 0 Å². The molecule has 0 aliphatic heterocycles. The van der Waals surface area contributed by atoms with E-state index < -0.39 is 66.9 Å². The van der Waals surface area contributed by atoms with Gasteiger partial charge in [-0.15, -0.1) is 0 Å². The number of nitrogens with zero attached hydrogens (tertiary/aromatic N) is 1. The number of aliphatic hydroxyl groups is 1. The van der Waals surface area contributed by atoms with Gasteiger partial charge in [0.15, 0.2) is 5.96 Å². The first-order valence-corrected chi connectivity index (χ1v) is 11.4. The van der Waals surface area contributed by atoms with E-state index in [1.54, 1.807) is 0 Å². The zero-order chi connectivity index (χ0) is 27.7. The van der Waals surface area contributed by atoms with E-state index in [0.717, 1.165) is 0 Å². The van der Waals surface area contributed by atoms with Gasteiger partial charge in [-0.1, -0.05) is 0 Å².